The molecular formula is C25H35NO3. The molecule has 1 unspecified atom stereocenters. The Morgan fingerprint density at radius 3 is 2.14 bits per heavy atom. The van der Waals surface area contributed by atoms with Gasteiger partial charge >= 0.3 is 6.09 Å². The summed E-state index contributed by atoms with van der Waals surface area (Å²) in [5.41, 5.74) is 1.54. The normalized spacial score (nSPS) is 13.6. The molecule has 0 spiro atoms. The Morgan fingerprint density at radius 1 is 1.00 bits per heavy atom. The third-order valence-electron chi connectivity index (χ3n) is 5.42. The molecule has 1 atom stereocenters. The molecule has 0 saturated carbocycles. The van der Waals surface area contributed by atoms with Gasteiger partial charge in [-0.2, -0.15) is 0 Å². The summed E-state index contributed by atoms with van der Waals surface area (Å²) in [6.07, 6.45) is -0.105. The molecule has 2 rings (SSSR count). The quantitative estimate of drug-likeness (QED) is 0.651. The third-order valence-corrected chi connectivity index (χ3v) is 5.42. The summed E-state index contributed by atoms with van der Waals surface area (Å²) in [4.78, 5) is 14.2. The minimum absolute atomic E-state index is 0.130. The van der Waals surface area contributed by atoms with Crippen molar-refractivity contribution in [2.75, 3.05) is 13.6 Å². The number of aryl methyl sites for hydroxylation is 1. The van der Waals surface area contributed by atoms with Gasteiger partial charge in [0.1, 0.15) is 11.7 Å². The average molecular weight is 398 g/mol. The van der Waals surface area contributed by atoms with E-state index in [0.29, 0.717) is 13.0 Å². The molecule has 2 aromatic rings. The Labute approximate surface area is 175 Å². The molecule has 0 aliphatic heterocycles. The summed E-state index contributed by atoms with van der Waals surface area (Å²) in [5, 5.41) is 11.7. The number of carbonyl (C=O) groups is 1. The molecule has 4 heteroatoms. The third kappa shape index (κ3) is 5.83. The first-order chi connectivity index (χ1) is 13.6. The number of hydrogen-bond acceptors (Lipinski definition) is 3. The second-order valence-corrected chi connectivity index (χ2v) is 8.60. The maximum absolute atomic E-state index is 12.6. The predicted molar refractivity (Wildman–Crippen MR) is 118 cm³/mol. The Morgan fingerprint density at radius 2 is 1.59 bits per heavy atom. The lowest BCUT2D eigenvalue weighted by Gasteiger charge is -2.32. The summed E-state index contributed by atoms with van der Waals surface area (Å²) in [6, 6.07) is 17.5. The molecule has 2 aromatic carbocycles. The SMILES string of the molecule is Cc1cccc(C(O)(CCN(C)C(=O)OC(C(C)C)C(C)C)c2ccccc2)c1. The van der Waals surface area contributed by atoms with Crippen LogP contribution >= 0.6 is 0 Å². The zero-order valence-corrected chi connectivity index (χ0v) is 18.6. The summed E-state index contributed by atoms with van der Waals surface area (Å²) in [5.74, 6) is 0.502. The Bertz CT molecular complexity index is 780. The zero-order chi connectivity index (χ0) is 21.6. The Hall–Kier alpha value is -2.33. The zero-order valence-electron chi connectivity index (χ0n) is 18.6. The first-order valence-electron chi connectivity index (χ1n) is 10.4. The molecule has 0 radical (unpaired) electrons. The second kappa shape index (κ2) is 9.93. The molecule has 0 aliphatic rings. The predicted octanol–water partition coefficient (Wildman–Crippen LogP) is 5.37. The largest absolute Gasteiger partial charge is 0.446 e. The van der Waals surface area contributed by atoms with Crippen molar-refractivity contribution in [1.29, 1.82) is 0 Å². The van der Waals surface area contributed by atoms with Gasteiger partial charge in [0.15, 0.2) is 0 Å². The van der Waals surface area contributed by atoms with E-state index in [-0.39, 0.29) is 24.0 Å². The van der Waals surface area contributed by atoms with Crippen molar-refractivity contribution in [3.8, 4) is 0 Å². The average Bonchev–Trinajstić information content (AvgIpc) is 2.69. The molecule has 0 heterocycles. The molecule has 0 fully saturated rings. The van der Waals surface area contributed by atoms with Crippen molar-refractivity contribution in [3.05, 3.63) is 71.3 Å². The summed E-state index contributed by atoms with van der Waals surface area (Å²) < 4.78 is 5.74. The van der Waals surface area contributed by atoms with E-state index in [4.69, 9.17) is 4.74 Å². The van der Waals surface area contributed by atoms with Gasteiger partial charge in [-0.3, -0.25) is 0 Å². The molecule has 1 amide bonds. The lowest BCUT2D eigenvalue weighted by Crippen LogP contribution is -2.39. The minimum atomic E-state index is -1.18. The van der Waals surface area contributed by atoms with E-state index in [1.165, 1.54) is 0 Å². The number of benzene rings is 2. The van der Waals surface area contributed by atoms with Crippen LogP contribution in [0, 0.1) is 18.8 Å². The molecule has 4 nitrogen and oxygen atoms in total. The maximum Gasteiger partial charge on any atom is 0.409 e. The monoisotopic (exact) mass is 397 g/mol. The first-order valence-corrected chi connectivity index (χ1v) is 10.4. The van der Waals surface area contributed by atoms with Crippen LogP contribution in [0.2, 0.25) is 0 Å². The van der Waals surface area contributed by atoms with Gasteiger partial charge in [0, 0.05) is 20.0 Å². The van der Waals surface area contributed by atoms with Crippen molar-refractivity contribution in [2.24, 2.45) is 11.8 Å². The van der Waals surface area contributed by atoms with Crippen molar-refractivity contribution in [1.82, 2.24) is 4.90 Å². The van der Waals surface area contributed by atoms with E-state index in [1.807, 2.05) is 61.5 Å². The van der Waals surface area contributed by atoms with E-state index in [1.54, 1.807) is 11.9 Å². The molecular weight excluding hydrogens is 362 g/mol. The Balaban J connectivity index is 2.19. The van der Waals surface area contributed by atoms with E-state index in [9.17, 15) is 9.90 Å². The second-order valence-electron chi connectivity index (χ2n) is 8.60. The van der Waals surface area contributed by atoms with Crippen LogP contribution in [0.4, 0.5) is 4.79 Å². The van der Waals surface area contributed by atoms with Crippen LogP contribution in [0.25, 0.3) is 0 Å². The van der Waals surface area contributed by atoms with Crippen LogP contribution in [0.1, 0.15) is 50.8 Å². The summed E-state index contributed by atoms with van der Waals surface area (Å²) >= 11 is 0. The molecule has 0 aliphatic carbocycles. The van der Waals surface area contributed by atoms with Gasteiger partial charge in [0.2, 0.25) is 0 Å². The number of amides is 1. The Kier molecular flexibility index (Phi) is 7.86. The van der Waals surface area contributed by atoms with Crippen LogP contribution < -0.4 is 0 Å². The molecule has 0 saturated heterocycles. The van der Waals surface area contributed by atoms with Gasteiger partial charge < -0.3 is 14.7 Å². The highest BCUT2D eigenvalue weighted by Crippen LogP contribution is 2.33. The first kappa shape index (κ1) is 23.0. The molecule has 0 bridgehead atoms. The van der Waals surface area contributed by atoms with Crippen molar-refractivity contribution in [2.45, 2.75) is 52.7 Å². The lowest BCUT2D eigenvalue weighted by atomic mass is 9.83. The fourth-order valence-electron chi connectivity index (χ4n) is 3.74. The van der Waals surface area contributed by atoms with Crippen molar-refractivity contribution < 1.29 is 14.6 Å². The topological polar surface area (TPSA) is 49.8 Å². The minimum Gasteiger partial charge on any atom is -0.446 e. The van der Waals surface area contributed by atoms with Crippen molar-refractivity contribution in [3.63, 3.8) is 0 Å². The van der Waals surface area contributed by atoms with Gasteiger partial charge in [-0.25, -0.2) is 4.79 Å². The molecule has 158 valence electrons. The van der Waals surface area contributed by atoms with E-state index < -0.39 is 5.60 Å². The number of rotatable bonds is 8. The van der Waals surface area contributed by atoms with Crippen LogP contribution in [-0.2, 0) is 10.3 Å². The number of ether oxygens (including phenoxy) is 1. The fourth-order valence-corrected chi connectivity index (χ4v) is 3.74. The maximum atomic E-state index is 12.6. The number of nitrogens with zero attached hydrogens (tertiary/aromatic N) is 1. The van der Waals surface area contributed by atoms with Crippen LogP contribution in [-0.4, -0.2) is 35.8 Å². The van der Waals surface area contributed by atoms with Crippen molar-refractivity contribution >= 4 is 6.09 Å². The van der Waals surface area contributed by atoms with Gasteiger partial charge in [-0.15, -0.1) is 0 Å². The molecule has 1 N–H and O–H groups in total. The van der Waals surface area contributed by atoms with Crippen LogP contribution in [0.5, 0.6) is 0 Å². The highest BCUT2D eigenvalue weighted by Gasteiger charge is 2.33. The van der Waals surface area contributed by atoms with E-state index in [0.717, 1.165) is 16.7 Å². The number of carbonyl (C=O) groups excluding carboxylic acids is 1. The fraction of sp³-hybridized carbons (Fsp3) is 0.480. The highest BCUT2D eigenvalue weighted by molar-refractivity contribution is 5.67. The number of hydrogen-bond donors (Lipinski definition) is 1. The smallest absolute Gasteiger partial charge is 0.409 e. The summed E-state index contributed by atoms with van der Waals surface area (Å²) in [7, 11) is 1.72. The van der Waals surface area contributed by atoms with Gasteiger partial charge in [-0.05, 0) is 29.9 Å². The molecule has 29 heavy (non-hydrogen) atoms. The highest BCUT2D eigenvalue weighted by atomic mass is 16.6. The standard InChI is InChI=1S/C25H35NO3/c1-18(2)23(19(3)4)29-24(27)26(6)16-15-25(28,21-12-8-7-9-13-21)22-14-10-11-20(5)17-22/h7-14,17-19,23,28H,15-16H2,1-6H3. The molecule has 0 aromatic heterocycles. The van der Waals surface area contributed by atoms with Gasteiger partial charge in [-0.1, -0.05) is 87.9 Å². The summed E-state index contributed by atoms with van der Waals surface area (Å²) in [6.45, 7) is 10.6. The van der Waals surface area contributed by atoms with Crippen LogP contribution in [0.15, 0.2) is 54.6 Å². The van der Waals surface area contributed by atoms with Crippen LogP contribution in [0.3, 0.4) is 0 Å². The number of aliphatic hydroxyl groups is 1. The lowest BCUT2D eigenvalue weighted by molar-refractivity contribution is 0.0153. The van der Waals surface area contributed by atoms with E-state index in [2.05, 4.69) is 27.7 Å². The van der Waals surface area contributed by atoms with Gasteiger partial charge in [0.05, 0.1) is 0 Å². The van der Waals surface area contributed by atoms with E-state index >= 15 is 0 Å². The van der Waals surface area contributed by atoms with Gasteiger partial charge in [0.25, 0.3) is 0 Å².